The Kier molecular flexibility index (Phi) is 7.69. The molecule has 0 bridgehead atoms. The molecule has 0 fully saturated rings. The minimum atomic E-state index is -0.207. The van der Waals surface area contributed by atoms with E-state index in [1.165, 1.54) is 124 Å². The summed E-state index contributed by atoms with van der Waals surface area (Å²) in [7, 11) is 0. The smallest absolute Gasteiger partial charge is 0.136 e. The van der Waals surface area contributed by atoms with Crippen molar-refractivity contribution >= 4 is 141 Å². The van der Waals surface area contributed by atoms with Gasteiger partial charge < -0.3 is 13.7 Å². The number of anilines is 3. The standard InChI is InChI=1S/C69H42N2OS/c1-69(2)55-33-27-40-14-4-6-17-47(40)63(55)49-32-30-44(36-56(49)69)70(42-28-25-41(26-29-42)46-20-11-15-39-13-3-5-16-45(39)46)43-31-34-57-54(35-43)67-66-50-18-7-9-23-59(50)72-60(66)37-53-48-21-12-22-52-64(48)58(71(57)68(53)67)38-62-65(52)51-19-8-10-24-61(51)73-62/h3-38H,1-2H3. The van der Waals surface area contributed by atoms with Crippen molar-refractivity contribution in [3.8, 4) is 22.3 Å². The number of fused-ring (bicyclic) bond motifs is 19. The largest absolute Gasteiger partial charge is 0.456 e. The van der Waals surface area contributed by atoms with Gasteiger partial charge in [-0.25, -0.2) is 0 Å². The first-order valence-electron chi connectivity index (χ1n) is 25.3. The molecule has 17 rings (SSSR count). The van der Waals surface area contributed by atoms with E-state index in [1.54, 1.807) is 0 Å². The number of hydrogen-bond donors (Lipinski definition) is 0. The molecule has 0 aliphatic heterocycles. The topological polar surface area (TPSA) is 20.8 Å². The second-order valence-electron chi connectivity index (χ2n) is 20.7. The van der Waals surface area contributed by atoms with E-state index in [-0.39, 0.29) is 5.41 Å². The van der Waals surface area contributed by atoms with Crippen molar-refractivity contribution in [3.63, 3.8) is 0 Å². The number of para-hydroxylation sites is 1. The van der Waals surface area contributed by atoms with Crippen LogP contribution in [0.2, 0.25) is 0 Å². The van der Waals surface area contributed by atoms with Crippen LogP contribution in [0.3, 0.4) is 0 Å². The highest BCUT2D eigenvalue weighted by Gasteiger charge is 2.37. The van der Waals surface area contributed by atoms with Gasteiger partial charge in [0.2, 0.25) is 0 Å². The quantitative estimate of drug-likeness (QED) is 0.129. The fourth-order valence-electron chi connectivity index (χ4n) is 13.4. The Labute approximate surface area is 423 Å². The molecule has 4 heterocycles. The molecule has 3 nitrogen and oxygen atoms in total. The molecule has 0 N–H and O–H groups in total. The molecule has 0 saturated heterocycles. The molecule has 0 radical (unpaired) electrons. The number of rotatable bonds is 4. The van der Waals surface area contributed by atoms with Gasteiger partial charge in [-0.15, -0.1) is 11.3 Å². The number of hydrogen-bond acceptors (Lipinski definition) is 3. The predicted molar refractivity (Wildman–Crippen MR) is 311 cm³/mol. The molecule has 73 heavy (non-hydrogen) atoms. The Morgan fingerprint density at radius 2 is 1.08 bits per heavy atom. The zero-order valence-corrected chi connectivity index (χ0v) is 40.8. The monoisotopic (exact) mass is 946 g/mol. The van der Waals surface area contributed by atoms with Gasteiger partial charge in [-0.05, 0) is 132 Å². The van der Waals surface area contributed by atoms with Crippen molar-refractivity contribution in [3.05, 3.63) is 230 Å². The first kappa shape index (κ1) is 39.7. The molecule has 4 heteroatoms. The number of pyridine rings is 1. The van der Waals surface area contributed by atoms with E-state index in [0.717, 1.165) is 39.0 Å². The molecular formula is C69H42N2OS. The van der Waals surface area contributed by atoms with E-state index in [1.807, 2.05) is 11.3 Å². The first-order chi connectivity index (χ1) is 36.0. The first-order valence-corrected chi connectivity index (χ1v) is 26.1. The van der Waals surface area contributed by atoms with Gasteiger partial charge in [0.15, 0.2) is 0 Å². The van der Waals surface area contributed by atoms with Gasteiger partial charge in [-0.1, -0.05) is 166 Å². The highest BCUT2D eigenvalue weighted by molar-refractivity contribution is 7.26. The Morgan fingerprint density at radius 3 is 1.96 bits per heavy atom. The lowest BCUT2D eigenvalue weighted by Gasteiger charge is -2.28. The molecule has 1 aliphatic carbocycles. The van der Waals surface area contributed by atoms with Crippen LogP contribution in [-0.2, 0) is 5.41 Å². The van der Waals surface area contributed by atoms with Gasteiger partial charge in [-0.2, -0.15) is 0 Å². The Balaban J connectivity index is 0.964. The summed E-state index contributed by atoms with van der Waals surface area (Å²) in [5, 5.41) is 17.4. The lowest BCUT2D eigenvalue weighted by atomic mass is 9.82. The highest BCUT2D eigenvalue weighted by Crippen LogP contribution is 2.54. The van der Waals surface area contributed by atoms with E-state index in [9.17, 15) is 0 Å². The van der Waals surface area contributed by atoms with Crippen LogP contribution in [0.4, 0.5) is 17.1 Å². The molecule has 16 aromatic rings. The number of nitrogens with zero attached hydrogens (tertiary/aromatic N) is 2. The van der Waals surface area contributed by atoms with Crippen LogP contribution < -0.4 is 4.90 Å². The van der Waals surface area contributed by atoms with Crippen LogP contribution in [0.1, 0.15) is 25.0 Å². The SMILES string of the molecule is CC1(C)c2cc(N(c3ccc(-c4cccc5ccccc45)cc3)c3ccc4c(c3)c3c5c(cc6c7cccc8c9c(cc(c78)n4c63)sc3ccccc39)oc3ccccc35)ccc2-c2c1ccc1ccccc21. The second-order valence-corrected chi connectivity index (χ2v) is 21.8. The Bertz CT molecular complexity index is 5060. The minimum Gasteiger partial charge on any atom is -0.456 e. The maximum Gasteiger partial charge on any atom is 0.136 e. The minimum absolute atomic E-state index is 0.207. The molecule has 1 aliphatic rings. The third-order valence-corrected chi connectivity index (χ3v) is 17.8. The molecule has 0 amide bonds. The van der Waals surface area contributed by atoms with Crippen LogP contribution in [0, 0.1) is 0 Å². The average Bonchev–Trinajstić information content (AvgIpc) is 4.23. The fourth-order valence-corrected chi connectivity index (χ4v) is 14.6. The third-order valence-electron chi connectivity index (χ3n) is 16.7. The number of thiophene rings is 1. The van der Waals surface area contributed by atoms with Gasteiger partial charge in [-0.3, -0.25) is 0 Å². The average molecular weight is 947 g/mol. The molecule has 12 aromatic carbocycles. The van der Waals surface area contributed by atoms with Crippen LogP contribution in [0.5, 0.6) is 0 Å². The van der Waals surface area contributed by atoms with Gasteiger partial charge in [0.1, 0.15) is 11.2 Å². The highest BCUT2D eigenvalue weighted by atomic mass is 32.1. The molecule has 340 valence electrons. The van der Waals surface area contributed by atoms with Gasteiger partial charge in [0, 0.05) is 75.0 Å². The summed E-state index contributed by atoms with van der Waals surface area (Å²) in [5.74, 6) is 0. The van der Waals surface area contributed by atoms with Crippen LogP contribution in [0.15, 0.2) is 223 Å². The maximum absolute atomic E-state index is 6.87. The van der Waals surface area contributed by atoms with Crippen molar-refractivity contribution in [2.24, 2.45) is 0 Å². The predicted octanol–water partition coefficient (Wildman–Crippen LogP) is 20.0. The van der Waals surface area contributed by atoms with Crippen molar-refractivity contribution in [2.75, 3.05) is 4.90 Å². The zero-order chi connectivity index (χ0) is 47.8. The van der Waals surface area contributed by atoms with Gasteiger partial charge >= 0.3 is 0 Å². The molecule has 0 atom stereocenters. The summed E-state index contributed by atoms with van der Waals surface area (Å²) < 4.78 is 12.1. The lowest BCUT2D eigenvalue weighted by molar-refractivity contribution is 0.661. The fraction of sp³-hybridized carbons (Fsp3) is 0.0435. The Hall–Kier alpha value is -8.96. The zero-order valence-electron chi connectivity index (χ0n) is 40.0. The van der Waals surface area contributed by atoms with E-state index in [2.05, 4.69) is 242 Å². The molecule has 0 unspecified atom stereocenters. The number of furan rings is 1. The normalized spacial score (nSPS) is 13.5. The molecular weight excluding hydrogens is 905 g/mol. The van der Waals surface area contributed by atoms with Gasteiger partial charge in [0.05, 0.1) is 16.6 Å². The van der Waals surface area contributed by atoms with Gasteiger partial charge in [0.25, 0.3) is 0 Å². The summed E-state index contributed by atoms with van der Waals surface area (Å²) in [6, 6.07) is 81.6. The van der Waals surface area contributed by atoms with E-state index in [0.29, 0.717) is 0 Å². The third kappa shape index (κ3) is 5.22. The summed E-state index contributed by atoms with van der Waals surface area (Å²) in [6.07, 6.45) is 0. The van der Waals surface area contributed by atoms with Crippen molar-refractivity contribution in [1.29, 1.82) is 0 Å². The summed E-state index contributed by atoms with van der Waals surface area (Å²) >= 11 is 1.89. The Morgan fingerprint density at radius 1 is 0.397 bits per heavy atom. The summed E-state index contributed by atoms with van der Waals surface area (Å²) in [4.78, 5) is 2.48. The number of benzene rings is 12. The van der Waals surface area contributed by atoms with Crippen molar-refractivity contribution in [2.45, 2.75) is 19.3 Å². The molecule has 0 saturated carbocycles. The molecule has 0 spiro atoms. The van der Waals surface area contributed by atoms with E-state index in [4.69, 9.17) is 4.42 Å². The van der Waals surface area contributed by atoms with Crippen LogP contribution in [0.25, 0.3) is 135 Å². The number of aromatic nitrogens is 1. The molecule has 4 aromatic heterocycles. The summed E-state index contributed by atoms with van der Waals surface area (Å²) in [5.41, 5.74) is 16.3. The van der Waals surface area contributed by atoms with E-state index >= 15 is 0 Å². The summed E-state index contributed by atoms with van der Waals surface area (Å²) in [6.45, 7) is 4.79. The van der Waals surface area contributed by atoms with Crippen LogP contribution >= 0.6 is 11.3 Å². The maximum atomic E-state index is 6.87. The van der Waals surface area contributed by atoms with E-state index < -0.39 is 0 Å². The second kappa shape index (κ2) is 14.1. The van der Waals surface area contributed by atoms with Crippen molar-refractivity contribution < 1.29 is 4.42 Å². The van der Waals surface area contributed by atoms with Crippen LogP contribution in [-0.4, -0.2) is 4.40 Å². The lowest BCUT2D eigenvalue weighted by Crippen LogP contribution is -2.16. The van der Waals surface area contributed by atoms with Crippen molar-refractivity contribution in [1.82, 2.24) is 4.40 Å².